The first-order valence-corrected chi connectivity index (χ1v) is 9.10. The zero-order valence-corrected chi connectivity index (χ0v) is 15.6. The van der Waals surface area contributed by atoms with Crippen LogP contribution in [0.15, 0.2) is 40.4 Å². The van der Waals surface area contributed by atoms with Crippen LogP contribution in [-0.2, 0) is 4.84 Å². The second-order valence-electron chi connectivity index (χ2n) is 6.67. The van der Waals surface area contributed by atoms with Crippen molar-refractivity contribution in [1.82, 2.24) is 25.1 Å². The number of rotatable bonds is 5. The smallest absolute Gasteiger partial charge is 0.363 e. The highest BCUT2D eigenvalue weighted by molar-refractivity contribution is 5.96. The Bertz CT molecular complexity index is 1130. The maximum Gasteiger partial charge on any atom is 0.363 e. The third kappa shape index (κ3) is 3.26. The van der Waals surface area contributed by atoms with E-state index in [1.54, 1.807) is 24.4 Å². The third-order valence-electron chi connectivity index (χ3n) is 4.74. The number of hydrogen-bond acceptors (Lipinski definition) is 6. The fourth-order valence-electron chi connectivity index (χ4n) is 3.30. The number of carbonyl (C=O) groups excluding carboxylic acids is 1. The number of oxime groups is 1. The first-order chi connectivity index (χ1) is 13.6. The van der Waals surface area contributed by atoms with Crippen LogP contribution in [0.4, 0.5) is 0 Å². The lowest BCUT2D eigenvalue weighted by molar-refractivity contribution is 0.0753. The summed E-state index contributed by atoms with van der Waals surface area (Å²) in [6.07, 6.45) is 3.01. The number of aryl methyl sites for hydroxylation is 1. The van der Waals surface area contributed by atoms with E-state index in [0.29, 0.717) is 23.3 Å². The van der Waals surface area contributed by atoms with Gasteiger partial charge in [0.25, 0.3) is 5.91 Å². The SMILES string of the molecule is CCC1=NOC(CNC(=O)c2cccc(-c3c(C)nn4c(=O)[nH]ncc34)c2)C1. The number of aromatic amines is 1. The van der Waals surface area contributed by atoms with Crippen molar-refractivity contribution in [1.29, 1.82) is 0 Å². The first-order valence-electron chi connectivity index (χ1n) is 9.10. The first kappa shape index (κ1) is 17.9. The van der Waals surface area contributed by atoms with Crippen LogP contribution in [0.25, 0.3) is 16.6 Å². The molecule has 0 saturated heterocycles. The lowest BCUT2D eigenvalue weighted by Gasteiger charge is -2.10. The molecule has 9 nitrogen and oxygen atoms in total. The zero-order chi connectivity index (χ0) is 19.7. The number of nitrogens with one attached hydrogen (secondary N) is 2. The van der Waals surface area contributed by atoms with Gasteiger partial charge in [-0.2, -0.15) is 14.7 Å². The quantitative estimate of drug-likeness (QED) is 0.699. The molecule has 1 atom stereocenters. The molecule has 3 heterocycles. The molecule has 0 aliphatic carbocycles. The van der Waals surface area contributed by atoms with E-state index >= 15 is 0 Å². The van der Waals surface area contributed by atoms with Crippen molar-refractivity contribution in [3.8, 4) is 11.1 Å². The minimum Gasteiger partial charge on any atom is -0.390 e. The lowest BCUT2D eigenvalue weighted by atomic mass is 10.0. The van der Waals surface area contributed by atoms with Crippen molar-refractivity contribution < 1.29 is 9.63 Å². The van der Waals surface area contributed by atoms with E-state index in [-0.39, 0.29) is 12.0 Å². The van der Waals surface area contributed by atoms with Gasteiger partial charge >= 0.3 is 5.69 Å². The molecule has 0 bridgehead atoms. The topological polar surface area (TPSA) is 114 Å². The highest BCUT2D eigenvalue weighted by atomic mass is 16.6. The normalized spacial score (nSPS) is 16.1. The van der Waals surface area contributed by atoms with Crippen molar-refractivity contribution in [2.75, 3.05) is 6.54 Å². The molecular formula is C19H20N6O3. The Labute approximate surface area is 160 Å². The predicted octanol–water partition coefficient (Wildman–Crippen LogP) is 1.68. The maximum absolute atomic E-state index is 12.6. The molecule has 0 spiro atoms. The van der Waals surface area contributed by atoms with Gasteiger partial charge in [-0.05, 0) is 31.0 Å². The van der Waals surface area contributed by atoms with Crippen LogP contribution in [0.5, 0.6) is 0 Å². The summed E-state index contributed by atoms with van der Waals surface area (Å²) in [5.74, 6) is -0.194. The van der Waals surface area contributed by atoms with Gasteiger partial charge in [0.2, 0.25) is 0 Å². The van der Waals surface area contributed by atoms with Crippen molar-refractivity contribution in [3.05, 3.63) is 52.2 Å². The van der Waals surface area contributed by atoms with E-state index in [1.807, 2.05) is 19.9 Å². The van der Waals surface area contributed by atoms with Crippen LogP contribution in [0, 0.1) is 6.92 Å². The molecule has 3 aromatic rings. The standard InChI is InChI=1S/C19H20N6O3/c1-3-14-8-15(28-24-14)9-20-18(26)13-6-4-5-12(7-13)17-11(2)23-25-16(17)10-21-22-19(25)27/h4-7,10,15H,3,8-9H2,1-2H3,(H,20,26)(H,22,27). The zero-order valence-electron chi connectivity index (χ0n) is 15.6. The molecule has 1 unspecified atom stereocenters. The fourth-order valence-corrected chi connectivity index (χ4v) is 3.30. The van der Waals surface area contributed by atoms with Gasteiger partial charge < -0.3 is 10.2 Å². The highest BCUT2D eigenvalue weighted by Gasteiger charge is 2.21. The number of hydrogen-bond donors (Lipinski definition) is 2. The maximum atomic E-state index is 12.6. The van der Waals surface area contributed by atoms with E-state index in [2.05, 4.69) is 25.8 Å². The number of carbonyl (C=O) groups is 1. The van der Waals surface area contributed by atoms with Gasteiger partial charge in [-0.15, -0.1) is 0 Å². The molecule has 1 amide bonds. The highest BCUT2D eigenvalue weighted by Crippen LogP contribution is 2.27. The van der Waals surface area contributed by atoms with Crippen LogP contribution in [-0.4, -0.2) is 44.1 Å². The van der Waals surface area contributed by atoms with E-state index in [0.717, 1.165) is 29.7 Å². The summed E-state index contributed by atoms with van der Waals surface area (Å²) >= 11 is 0. The molecule has 0 fully saturated rings. The average molecular weight is 380 g/mol. The van der Waals surface area contributed by atoms with Gasteiger partial charge in [0.1, 0.15) is 11.6 Å². The number of nitrogens with zero attached hydrogens (tertiary/aromatic N) is 4. The summed E-state index contributed by atoms with van der Waals surface area (Å²) in [6, 6.07) is 7.21. The fraction of sp³-hybridized carbons (Fsp3) is 0.316. The monoisotopic (exact) mass is 380 g/mol. The summed E-state index contributed by atoms with van der Waals surface area (Å²) in [6.45, 7) is 4.24. The molecule has 0 saturated carbocycles. The van der Waals surface area contributed by atoms with E-state index in [9.17, 15) is 9.59 Å². The molecule has 4 rings (SSSR count). The molecule has 2 N–H and O–H groups in total. The molecule has 2 aromatic heterocycles. The lowest BCUT2D eigenvalue weighted by Crippen LogP contribution is -2.32. The Morgan fingerprint density at radius 3 is 3.07 bits per heavy atom. The predicted molar refractivity (Wildman–Crippen MR) is 103 cm³/mol. The summed E-state index contributed by atoms with van der Waals surface area (Å²) in [4.78, 5) is 29.8. The van der Waals surface area contributed by atoms with Crippen LogP contribution in [0.3, 0.4) is 0 Å². The molecule has 9 heteroatoms. The molecule has 1 aliphatic heterocycles. The number of amides is 1. The second kappa shape index (κ2) is 7.26. The third-order valence-corrected chi connectivity index (χ3v) is 4.74. The van der Waals surface area contributed by atoms with Crippen LogP contribution in [0.2, 0.25) is 0 Å². The van der Waals surface area contributed by atoms with Crippen molar-refractivity contribution >= 4 is 17.1 Å². The van der Waals surface area contributed by atoms with Gasteiger partial charge in [0.05, 0.1) is 24.1 Å². The van der Waals surface area contributed by atoms with Crippen LogP contribution in [0.1, 0.15) is 35.8 Å². The summed E-state index contributed by atoms with van der Waals surface area (Å²) in [5, 5.41) is 17.4. The number of benzene rings is 1. The molecule has 144 valence electrons. The molecule has 28 heavy (non-hydrogen) atoms. The molecular weight excluding hydrogens is 360 g/mol. The molecule has 1 aromatic carbocycles. The Hall–Kier alpha value is -3.49. The summed E-state index contributed by atoms with van der Waals surface area (Å²) in [7, 11) is 0. The molecule has 1 aliphatic rings. The second-order valence-corrected chi connectivity index (χ2v) is 6.67. The molecule has 0 radical (unpaired) electrons. The summed E-state index contributed by atoms with van der Waals surface area (Å²) in [5.41, 5.74) is 3.94. The average Bonchev–Trinajstić information content (AvgIpc) is 3.30. The summed E-state index contributed by atoms with van der Waals surface area (Å²) < 4.78 is 1.27. The largest absolute Gasteiger partial charge is 0.390 e. The van der Waals surface area contributed by atoms with Crippen LogP contribution >= 0.6 is 0 Å². The Kier molecular flexibility index (Phi) is 4.64. The van der Waals surface area contributed by atoms with E-state index < -0.39 is 5.69 Å². The van der Waals surface area contributed by atoms with Crippen LogP contribution < -0.4 is 11.0 Å². The number of aromatic nitrogens is 4. The van der Waals surface area contributed by atoms with Gasteiger partial charge in [-0.1, -0.05) is 24.2 Å². The van der Waals surface area contributed by atoms with Crippen molar-refractivity contribution in [2.45, 2.75) is 32.8 Å². The Balaban J connectivity index is 1.55. The van der Waals surface area contributed by atoms with Gasteiger partial charge in [-0.3, -0.25) is 4.79 Å². The minimum absolute atomic E-state index is 0.123. The van der Waals surface area contributed by atoms with E-state index in [4.69, 9.17) is 4.84 Å². The number of fused-ring (bicyclic) bond motifs is 1. The number of H-pyrrole nitrogens is 1. The van der Waals surface area contributed by atoms with Gasteiger partial charge in [-0.25, -0.2) is 9.89 Å². The van der Waals surface area contributed by atoms with Gasteiger partial charge in [0.15, 0.2) is 0 Å². The van der Waals surface area contributed by atoms with Crippen molar-refractivity contribution in [3.63, 3.8) is 0 Å². The Morgan fingerprint density at radius 1 is 1.43 bits per heavy atom. The van der Waals surface area contributed by atoms with Crippen molar-refractivity contribution in [2.24, 2.45) is 5.16 Å². The minimum atomic E-state index is -0.411. The van der Waals surface area contributed by atoms with Gasteiger partial charge in [0, 0.05) is 17.5 Å². The Morgan fingerprint density at radius 2 is 2.29 bits per heavy atom. The van der Waals surface area contributed by atoms with E-state index in [1.165, 1.54) is 4.52 Å².